The maximum absolute atomic E-state index is 11.2. The first-order chi connectivity index (χ1) is 8.26. The van der Waals surface area contributed by atoms with Crippen molar-refractivity contribution < 1.29 is 14.3 Å². The molecular weight excluding hydrogens is 260 g/mol. The molecule has 0 N–H and O–H groups in total. The van der Waals surface area contributed by atoms with Crippen LogP contribution in [0.2, 0.25) is 0 Å². The van der Waals surface area contributed by atoms with Gasteiger partial charge in [-0.15, -0.1) is 11.3 Å². The number of imidazole rings is 1. The fraction of sp³-hybridized carbons (Fsp3) is 0.300. The topological polar surface area (TPSA) is 60.7 Å². The van der Waals surface area contributed by atoms with Crippen molar-refractivity contribution in [3.63, 3.8) is 0 Å². The first-order valence-corrected chi connectivity index (χ1v) is 6.82. The Bertz CT molecular complexity index is 547. The molecule has 0 aromatic carbocycles. The number of carbonyl (C=O) groups excluding carboxylic acids is 2. The minimum atomic E-state index is -0.300. The number of hydrogen-bond acceptors (Lipinski definition) is 6. The average molecular weight is 270 g/mol. The molecule has 5 nitrogen and oxygen atoms in total. The molecule has 2 rings (SSSR count). The van der Waals surface area contributed by atoms with Crippen LogP contribution in [0.4, 0.5) is 0 Å². The standard InChI is InChI=1S/C10H10N2O3S2/c1-2-15-8(14)6-17-9-7(5-13)12-3-4-16-10(12)11-9/h3-5H,2,6H2,1H3. The lowest BCUT2D eigenvalue weighted by atomic mass is 10.5. The van der Waals surface area contributed by atoms with Crippen LogP contribution in [0.25, 0.3) is 4.96 Å². The Hall–Kier alpha value is -1.34. The highest BCUT2D eigenvalue weighted by Gasteiger charge is 2.14. The monoisotopic (exact) mass is 270 g/mol. The minimum Gasteiger partial charge on any atom is -0.465 e. The Morgan fingerprint density at radius 3 is 3.24 bits per heavy atom. The van der Waals surface area contributed by atoms with Crippen molar-refractivity contribution in [1.29, 1.82) is 0 Å². The molecule has 0 unspecified atom stereocenters. The van der Waals surface area contributed by atoms with Crippen molar-refractivity contribution in [3.05, 3.63) is 17.3 Å². The molecule has 2 heterocycles. The second kappa shape index (κ2) is 5.33. The normalized spacial score (nSPS) is 10.6. The number of aldehydes is 1. The van der Waals surface area contributed by atoms with E-state index in [1.54, 1.807) is 17.5 Å². The number of esters is 1. The van der Waals surface area contributed by atoms with E-state index in [9.17, 15) is 9.59 Å². The number of thiazole rings is 1. The van der Waals surface area contributed by atoms with Crippen molar-refractivity contribution in [2.24, 2.45) is 0 Å². The van der Waals surface area contributed by atoms with Crippen LogP contribution >= 0.6 is 23.1 Å². The van der Waals surface area contributed by atoms with Crippen LogP contribution in [0.15, 0.2) is 16.6 Å². The molecule has 2 aromatic heterocycles. The summed E-state index contributed by atoms with van der Waals surface area (Å²) >= 11 is 2.66. The predicted molar refractivity (Wildman–Crippen MR) is 65.8 cm³/mol. The molecule has 0 spiro atoms. The quantitative estimate of drug-likeness (QED) is 0.471. The van der Waals surface area contributed by atoms with Gasteiger partial charge in [0.2, 0.25) is 0 Å². The van der Waals surface area contributed by atoms with E-state index in [4.69, 9.17) is 4.74 Å². The summed E-state index contributed by atoms with van der Waals surface area (Å²) in [5.74, 6) is -0.134. The summed E-state index contributed by atoms with van der Waals surface area (Å²) in [5.41, 5.74) is 0.482. The second-order valence-electron chi connectivity index (χ2n) is 3.07. The molecule has 7 heteroatoms. The van der Waals surface area contributed by atoms with Crippen molar-refractivity contribution in [2.75, 3.05) is 12.4 Å². The van der Waals surface area contributed by atoms with Gasteiger partial charge in [0.1, 0.15) is 10.7 Å². The largest absolute Gasteiger partial charge is 0.465 e. The van der Waals surface area contributed by atoms with Crippen LogP contribution in [-0.4, -0.2) is 34.0 Å². The van der Waals surface area contributed by atoms with Crippen molar-refractivity contribution >= 4 is 40.3 Å². The highest BCUT2D eigenvalue weighted by Crippen LogP contribution is 2.24. The third-order valence-corrected chi connectivity index (χ3v) is 3.72. The van der Waals surface area contributed by atoms with E-state index in [0.29, 0.717) is 17.3 Å². The number of fused-ring (bicyclic) bond motifs is 1. The summed E-state index contributed by atoms with van der Waals surface area (Å²) in [6.07, 6.45) is 2.53. The molecular formula is C10H10N2O3S2. The van der Waals surface area contributed by atoms with E-state index in [2.05, 4.69) is 4.98 Å². The van der Waals surface area contributed by atoms with Crippen LogP contribution < -0.4 is 0 Å². The SMILES string of the molecule is CCOC(=O)CSc1nc2sccn2c1C=O. The van der Waals surface area contributed by atoms with Gasteiger partial charge in [-0.3, -0.25) is 14.0 Å². The van der Waals surface area contributed by atoms with Crippen molar-refractivity contribution in [2.45, 2.75) is 11.9 Å². The molecule has 17 heavy (non-hydrogen) atoms. The minimum absolute atomic E-state index is 0.166. The number of carbonyl (C=O) groups is 2. The Kier molecular flexibility index (Phi) is 3.80. The first kappa shape index (κ1) is 12.1. The Labute approximate surface area is 106 Å². The van der Waals surface area contributed by atoms with Gasteiger partial charge in [-0.2, -0.15) is 0 Å². The van der Waals surface area contributed by atoms with E-state index < -0.39 is 0 Å². The summed E-state index contributed by atoms with van der Waals surface area (Å²) in [7, 11) is 0. The Balaban J connectivity index is 2.15. The van der Waals surface area contributed by atoms with E-state index in [1.807, 2.05) is 5.38 Å². The van der Waals surface area contributed by atoms with Gasteiger partial charge in [0.15, 0.2) is 11.2 Å². The third kappa shape index (κ3) is 2.50. The molecule has 0 aliphatic carbocycles. The molecule has 90 valence electrons. The predicted octanol–water partition coefficient (Wildman–Crippen LogP) is 1.86. The van der Waals surface area contributed by atoms with E-state index in [0.717, 1.165) is 11.2 Å². The smallest absolute Gasteiger partial charge is 0.316 e. The van der Waals surface area contributed by atoms with Gasteiger partial charge in [0.25, 0.3) is 0 Å². The molecule has 2 aromatic rings. The number of thioether (sulfide) groups is 1. The molecule has 0 saturated carbocycles. The van der Waals surface area contributed by atoms with Gasteiger partial charge < -0.3 is 4.74 Å². The highest BCUT2D eigenvalue weighted by molar-refractivity contribution is 8.00. The van der Waals surface area contributed by atoms with Crippen LogP contribution in [0, 0.1) is 0 Å². The zero-order chi connectivity index (χ0) is 12.3. The molecule has 0 aliphatic heterocycles. The lowest BCUT2D eigenvalue weighted by Gasteiger charge is -1.99. The highest BCUT2D eigenvalue weighted by atomic mass is 32.2. The lowest BCUT2D eigenvalue weighted by molar-refractivity contribution is -0.139. The lowest BCUT2D eigenvalue weighted by Crippen LogP contribution is -2.06. The summed E-state index contributed by atoms with van der Waals surface area (Å²) in [4.78, 5) is 27.2. The maximum Gasteiger partial charge on any atom is 0.316 e. The summed E-state index contributed by atoms with van der Waals surface area (Å²) in [6.45, 7) is 2.12. The van der Waals surface area contributed by atoms with E-state index in [-0.39, 0.29) is 11.7 Å². The summed E-state index contributed by atoms with van der Waals surface area (Å²) in [6, 6.07) is 0. The molecule has 0 atom stereocenters. The number of aromatic nitrogens is 2. The molecule has 0 aliphatic rings. The Morgan fingerprint density at radius 1 is 1.71 bits per heavy atom. The second-order valence-corrected chi connectivity index (χ2v) is 4.91. The number of rotatable bonds is 5. The fourth-order valence-corrected chi connectivity index (χ4v) is 2.89. The molecule has 0 fully saturated rings. The van der Waals surface area contributed by atoms with Gasteiger partial charge >= 0.3 is 5.97 Å². The fourth-order valence-electron chi connectivity index (χ4n) is 1.33. The zero-order valence-corrected chi connectivity index (χ0v) is 10.7. The van der Waals surface area contributed by atoms with Gasteiger partial charge in [0, 0.05) is 11.6 Å². The first-order valence-electron chi connectivity index (χ1n) is 4.95. The summed E-state index contributed by atoms with van der Waals surface area (Å²) in [5, 5.41) is 2.43. The number of hydrogen-bond donors (Lipinski definition) is 0. The Morgan fingerprint density at radius 2 is 2.53 bits per heavy atom. The average Bonchev–Trinajstić information content (AvgIpc) is 2.86. The number of ether oxygens (including phenoxy) is 1. The molecule has 0 amide bonds. The van der Waals surface area contributed by atoms with Crippen molar-refractivity contribution in [3.8, 4) is 0 Å². The summed E-state index contributed by atoms with van der Waals surface area (Å²) < 4.78 is 6.53. The maximum atomic E-state index is 11.2. The molecule has 0 saturated heterocycles. The van der Waals surface area contributed by atoms with E-state index >= 15 is 0 Å². The van der Waals surface area contributed by atoms with Gasteiger partial charge in [0.05, 0.1) is 12.4 Å². The molecule has 0 radical (unpaired) electrons. The van der Waals surface area contributed by atoms with Gasteiger partial charge in [-0.25, -0.2) is 4.98 Å². The van der Waals surface area contributed by atoms with Crippen LogP contribution in [0.3, 0.4) is 0 Å². The zero-order valence-electron chi connectivity index (χ0n) is 9.08. The molecule has 0 bridgehead atoms. The van der Waals surface area contributed by atoms with Crippen LogP contribution in [0.5, 0.6) is 0 Å². The van der Waals surface area contributed by atoms with Crippen LogP contribution in [0.1, 0.15) is 17.4 Å². The van der Waals surface area contributed by atoms with Crippen molar-refractivity contribution in [1.82, 2.24) is 9.38 Å². The van der Waals surface area contributed by atoms with Crippen LogP contribution in [-0.2, 0) is 9.53 Å². The van der Waals surface area contributed by atoms with E-state index in [1.165, 1.54) is 23.1 Å². The third-order valence-electron chi connectivity index (χ3n) is 2.01. The van der Waals surface area contributed by atoms with Gasteiger partial charge in [-0.05, 0) is 6.92 Å². The number of nitrogens with zero attached hydrogens (tertiary/aromatic N) is 2. The van der Waals surface area contributed by atoms with Gasteiger partial charge in [-0.1, -0.05) is 11.8 Å².